The van der Waals surface area contributed by atoms with Crippen molar-refractivity contribution in [1.29, 1.82) is 0 Å². The lowest BCUT2D eigenvalue weighted by molar-refractivity contribution is -0.260. The highest BCUT2D eigenvalue weighted by molar-refractivity contribution is 5.86. The fraction of sp³-hybridized carbons (Fsp3) is 0.424. The summed E-state index contributed by atoms with van der Waals surface area (Å²) in [6.07, 6.45) is -3.19. The van der Waals surface area contributed by atoms with Crippen molar-refractivity contribution < 1.29 is 33.6 Å². The molecule has 7 heteroatoms. The minimum atomic E-state index is -1.30. The fourth-order valence-corrected chi connectivity index (χ4v) is 5.52. The Morgan fingerprint density at radius 2 is 1.32 bits per heavy atom. The normalized spacial score (nSPS) is 28.0. The largest absolute Gasteiger partial charge is 0.390 e. The lowest BCUT2D eigenvalue weighted by atomic mass is 9.73. The van der Waals surface area contributed by atoms with Crippen molar-refractivity contribution in [3.63, 3.8) is 0 Å². The predicted molar refractivity (Wildman–Crippen MR) is 149 cm³/mol. The molecule has 5 rings (SSSR count). The number of hydrogen-bond donors (Lipinski definition) is 1. The number of Topliss-reactive ketones (excluding diaryl/α,β-unsaturated/α-hetero) is 1. The van der Waals surface area contributed by atoms with Crippen LogP contribution in [0, 0.1) is 0 Å². The second-order valence-electron chi connectivity index (χ2n) is 11.0. The van der Waals surface area contributed by atoms with Crippen molar-refractivity contribution in [2.45, 2.75) is 82.3 Å². The topological polar surface area (TPSA) is 83.5 Å². The second kappa shape index (κ2) is 12.7. The van der Waals surface area contributed by atoms with E-state index in [4.69, 9.17) is 23.7 Å². The van der Waals surface area contributed by atoms with Gasteiger partial charge in [-0.05, 0) is 30.5 Å². The SMILES string of the molecule is CC1(C)OC[C@H](C[C@@]2(OCc3ccccc3)C(O)CC(=O)[C@@H](OCc3ccccc3)[C@@H]2OCc2ccccc2)O1. The molecule has 1 N–H and O–H groups in total. The van der Waals surface area contributed by atoms with Gasteiger partial charge in [0.1, 0.15) is 17.8 Å². The molecule has 7 nitrogen and oxygen atoms in total. The van der Waals surface area contributed by atoms with Crippen LogP contribution in [0.5, 0.6) is 0 Å². The minimum Gasteiger partial charge on any atom is -0.390 e. The molecule has 1 unspecified atom stereocenters. The van der Waals surface area contributed by atoms with E-state index < -0.39 is 29.7 Å². The Labute approximate surface area is 236 Å². The minimum absolute atomic E-state index is 0.115. The molecule has 0 aromatic heterocycles. The first kappa shape index (κ1) is 28.6. The van der Waals surface area contributed by atoms with Gasteiger partial charge in [-0.1, -0.05) is 91.0 Å². The van der Waals surface area contributed by atoms with Crippen LogP contribution in [0.1, 0.15) is 43.4 Å². The van der Waals surface area contributed by atoms with Gasteiger partial charge in [0, 0.05) is 12.8 Å². The van der Waals surface area contributed by atoms with Crippen LogP contribution >= 0.6 is 0 Å². The smallest absolute Gasteiger partial charge is 0.167 e. The van der Waals surface area contributed by atoms with Gasteiger partial charge in [0.05, 0.1) is 38.6 Å². The zero-order valence-corrected chi connectivity index (χ0v) is 23.1. The third-order valence-corrected chi connectivity index (χ3v) is 7.54. The summed E-state index contributed by atoms with van der Waals surface area (Å²) in [5.74, 6) is -0.978. The fourth-order valence-electron chi connectivity index (χ4n) is 5.52. The summed E-state index contributed by atoms with van der Waals surface area (Å²) >= 11 is 0. The van der Waals surface area contributed by atoms with Gasteiger partial charge in [0.2, 0.25) is 0 Å². The molecule has 40 heavy (non-hydrogen) atoms. The maximum absolute atomic E-state index is 13.5. The van der Waals surface area contributed by atoms with E-state index >= 15 is 0 Å². The summed E-state index contributed by atoms with van der Waals surface area (Å²) in [6, 6.07) is 29.2. The zero-order chi connectivity index (χ0) is 28.0. The van der Waals surface area contributed by atoms with Crippen molar-refractivity contribution in [2.24, 2.45) is 0 Å². The monoisotopic (exact) mass is 546 g/mol. The van der Waals surface area contributed by atoms with E-state index in [9.17, 15) is 9.90 Å². The number of benzene rings is 3. The van der Waals surface area contributed by atoms with Crippen LogP contribution in [0.2, 0.25) is 0 Å². The summed E-state index contributed by atoms with van der Waals surface area (Å²) in [6.45, 7) is 4.73. The number of rotatable bonds is 11. The molecule has 2 aliphatic rings. The number of carbonyl (C=O) groups excluding carboxylic acids is 1. The maximum atomic E-state index is 13.5. The molecule has 1 aliphatic heterocycles. The summed E-state index contributed by atoms with van der Waals surface area (Å²) in [4.78, 5) is 13.5. The Morgan fingerprint density at radius 3 is 1.85 bits per heavy atom. The highest BCUT2D eigenvalue weighted by atomic mass is 16.7. The lowest BCUT2D eigenvalue weighted by Crippen LogP contribution is -2.67. The van der Waals surface area contributed by atoms with E-state index in [1.165, 1.54) is 0 Å². The molecule has 1 saturated carbocycles. The van der Waals surface area contributed by atoms with Gasteiger partial charge >= 0.3 is 0 Å². The number of ketones is 1. The van der Waals surface area contributed by atoms with E-state index in [1.54, 1.807) is 0 Å². The van der Waals surface area contributed by atoms with Crippen molar-refractivity contribution >= 4 is 5.78 Å². The van der Waals surface area contributed by atoms with Gasteiger partial charge in [-0.15, -0.1) is 0 Å². The first-order valence-corrected chi connectivity index (χ1v) is 13.9. The third-order valence-electron chi connectivity index (χ3n) is 7.54. The van der Waals surface area contributed by atoms with Gasteiger partial charge < -0.3 is 28.8 Å². The Kier molecular flexibility index (Phi) is 9.10. The summed E-state index contributed by atoms with van der Waals surface area (Å²) in [5, 5.41) is 11.7. The Balaban J connectivity index is 1.49. The predicted octanol–water partition coefficient (Wildman–Crippen LogP) is 4.99. The molecule has 1 aliphatic carbocycles. The zero-order valence-electron chi connectivity index (χ0n) is 23.1. The number of carbonyl (C=O) groups is 1. The molecule has 3 aromatic rings. The lowest BCUT2D eigenvalue weighted by Gasteiger charge is -2.49. The van der Waals surface area contributed by atoms with Crippen LogP contribution in [-0.4, -0.2) is 53.3 Å². The van der Waals surface area contributed by atoms with Gasteiger partial charge in [0.15, 0.2) is 11.6 Å². The van der Waals surface area contributed by atoms with Crippen LogP contribution in [0.15, 0.2) is 91.0 Å². The summed E-state index contributed by atoms with van der Waals surface area (Å²) in [7, 11) is 0. The summed E-state index contributed by atoms with van der Waals surface area (Å²) in [5.41, 5.74) is 1.52. The first-order valence-electron chi connectivity index (χ1n) is 13.9. The molecule has 0 radical (unpaired) electrons. The molecular weight excluding hydrogens is 508 g/mol. The molecular formula is C33H38O7. The highest BCUT2D eigenvalue weighted by Crippen LogP contribution is 2.42. The van der Waals surface area contributed by atoms with Crippen molar-refractivity contribution in [3.05, 3.63) is 108 Å². The molecule has 1 heterocycles. The standard InChI is InChI=1S/C33H38O7/c1-32(2)38-23-27(40-32)19-33(39-22-26-16-10-5-11-17-26)29(35)18-28(34)30(36-20-24-12-6-3-7-13-24)31(33)37-21-25-14-8-4-9-15-25/h3-17,27,29-31,35H,18-23H2,1-2H3/t27-,29?,30+,31-,33+/m0/s1. The molecule has 0 amide bonds. The first-order chi connectivity index (χ1) is 19.3. The van der Waals surface area contributed by atoms with Crippen LogP contribution in [0.4, 0.5) is 0 Å². The molecule has 3 aromatic carbocycles. The van der Waals surface area contributed by atoms with E-state index in [-0.39, 0.29) is 44.5 Å². The van der Waals surface area contributed by atoms with Crippen LogP contribution in [0.25, 0.3) is 0 Å². The highest BCUT2D eigenvalue weighted by Gasteiger charge is 2.59. The van der Waals surface area contributed by atoms with E-state index in [2.05, 4.69) is 0 Å². The number of aliphatic hydroxyl groups excluding tert-OH is 1. The Bertz CT molecular complexity index is 1220. The average Bonchev–Trinajstić information content (AvgIpc) is 3.31. The van der Waals surface area contributed by atoms with E-state index in [1.807, 2.05) is 105 Å². The second-order valence-corrected chi connectivity index (χ2v) is 11.0. The number of ether oxygens (including phenoxy) is 5. The van der Waals surface area contributed by atoms with Crippen molar-refractivity contribution in [1.82, 2.24) is 0 Å². The van der Waals surface area contributed by atoms with Crippen LogP contribution in [0.3, 0.4) is 0 Å². The van der Waals surface area contributed by atoms with Crippen LogP contribution < -0.4 is 0 Å². The number of hydrogen-bond acceptors (Lipinski definition) is 7. The maximum Gasteiger partial charge on any atom is 0.167 e. The molecule has 212 valence electrons. The van der Waals surface area contributed by atoms with E-state index in [0.717, 1.165) is 16.7 Å². The Morgan fingerprint density at radius 1 is 0.800 bits per heavy atom. The molecule has 0 bridgehead atoms. The van der Waals surface area contributed by atoms with Gasteiger partial charge in [-0.2, -0.15) is 0 Å². The quantitative estimate of drug-likeness (QED) is 0.363. The third kappa shape index (κ3) is 6.86. The van der Waals surface area contributed by atoms with Gasteiger partial charge in [-0.25, -0.2) is 0 Å². The van der Waals surface area contributed by atoms with Gasteiger partial charge in [-0.3, -0.25) is 4.79 Å². The van der Waals surface area contributed by atoms with E-state index in [0.29, 0.717) is 6.61 Å². The molecule has 0 spiro atoms. The van der Waals surface area contributed by atoms with Crippen LogP contribution in [-0.2, 0) is 48.3 Å². The van der Waals surface area contributed by atoms with Gasteiger partial charge in [0.25, 0.3) is 0 Å². The average molecular weight is 547 g/mol. The molecule has 5 atom stereocenters. The number of aliphatic hydroxyl groups is 1. The molecule has 2 fully saturated rings. The molecule has 1 saturated heterocycles. The summed E-state index contributed by atoms with van der Waals surface area (Å²) < 4.78 is 31.6. The Hall–Kier alpha value is -2.91. The van der Waals surface area contributed by atoms with Crippen molar-refractivity contribution in [2.75, 3.05) is 6.61 Å². The van der Waals surface area contributed by atoms with Crippen molar-refractivity contribution in [3.8, 4) is 0 Å².